The van der Waals surface area contributed by atoms with Gasteiger partial charge in [-0.3, -0.25) is 44.9 Å². The molecule has 15 nitrogen and oxygen atoms in total. The van der Waals surface area contributed by atoms with E-state index in [9.17, 15) is 39.9 Å². The highest BCUT2D eigenvalue weighted by molar-refractivity contribution is 6.42. The summed E-state index contributed by atoms with van der Waals surface area (Å²) in [4.78, 5) is 63.4. The zero-order chi connectivity index (χ0) is 24.3. The van der Waals surface area contributed by atoms with Crippen LogP contribution in [0.5, 0.6) is 0 Å². The first-order valence-corrected chi connectivity index (χ1v) is 8.70. The lowest BCUT2D eigenvalue weighted by Gasteiger charge is -2.10. The number of anilines is 1. The molecule has 0 spiro atoms. The van der Waals surface area contributed by atoms with Gasteiger partial charge in [0, 0.05) is 29.2 Å². The number of nitrogens with zero attached hydrogens (tertiary/aromatic N) is 6. The molecule has 0 bridgehead atoms. The second kappa shape index (κ2) is 8.77. The van der Waals surface area contributed by atoms with Gasteiger partial charge in [-0.25, -0.2) is 4.98 Å². The second-order valence-corrected chi connectivity index (χ2v) is 6.33. The van der Waals surface area contributed by atoms with Crippen molar-refractivity contribution in [2.75, 3.05) is 5.32 Å². The molecule has 3 rings (SSSR count). The van der Waals surface area contributed by atoms with Crippen LogP contribution in [-0.4, -0.2) is 36.4 Å². The topological polar surface area (TPSA) is 225 Å². The van der Waals surface area contributed by atoms with Gasteiger partial charge in [-0.1, -0.05) is 0 Å². The van der Waals surface area contributed by atoms with Crippen LogP contribution in [0, 0.1) is 41.7 Å². The molecule has 0 unspecified atom stereocenters. The first-order valence-electron chi connectivity index (χ1n) is 8.70. The molecule has 0 aliphatic heterocycles. The maximum atomic E-state index is 12.5. The molecule has 0 fully saturated rings. The molecule has 0 aliphatic rings. The molecule has 0 saturated carbocycles. The summed E-state index contributed by atoms with van der Waals surface area (Å²) in [5, 5.41) is 44.4. The third kappa shape index (κ3) is 4.54. The van der Waals surface area contributed by atoms with Crippen molar-refractivity contribution >= 4 is 39.8 Å². The number of carbonyl (C=O) groups is 2. The number of fused-ring (bicyclic) bond motifs is 1. The van der Waals surface area contributed by atoms with Crippen molar-refractivity contribution in [3.63, 3.8) is 0 Å². The van der Waals surface area contributed by atoms with Gasteiger partial charge in [0.15, 0.2) is 0 Å². The first kappa shape index (κ1) is 22.3. The molecule has 164 valence electrons. The molecular formula is C18H9N7O8. The molecule has 1 N–H and O–H groups in total. The summed E-state index contributed by atoms with van der Waals surface area (Å²) in [5.41, 5.74) is -1.77. The Morgan fingerprint density at radius 1 is 0.970 bits per heavy atom. The van der Waals surface area contributed by atoms with E-state index in [0.717, 1.165) is 36.5 Å². The number of ketones is 1. The molecule has 1 aromatic heterocycles. The predicted octanol–water partition coefficient (Wildman–Crippen LogP) is 1.84. The highest BCUT2D eigenvalue weighted by Crippen LogP contribution is 2.24. The molecule has 1 amide bonds. The lowest BCUT2D eigenvalue weighted by atomic mass is 10.1. The van der Waals surface area contributed by atoms with E-state index in [0.29, 0.717) is 0 Å². The molecule has 3 aromatic rings. The zero-order valence-electron chi connectivity index (χ0n) is 16.1. The fraction of sp³-hybridized carbons (Fsp3) is 0.0556. The van der Waals surface area contributed by atoms with Crippen molar-refractivity contribution < 1.29 is 24.4 Å². The van der Waals surface area contributed by atoms with Gasteiger partial charge in [-0.2, -0.15) is 5.26 Å². The quantitative estimate of drug-likeness (QED) is 0.309. The molecule has 0 saturated heterocycles. The summed E-state index contributed by atoms with van der Waals surface area (Å²) < 4.78 is 0. The molecular weight excluding hydrogens is 442 g/mol. The number of hydrogen-bond acceptors (Lipinski definition) is 11. The maximum Gasteiger partial charge on any atom is 0.322 e. The molecule has 2 aromatic carbocycles. The van der Waals surface area contributed by atoms with Gasteiger partial charge in [0.1, 0.15) is 11.8 Å². The summed E-state index contributed by atoms with van der Waals surface area (Å²) in [7, 11) is 0. The summed E-state index contributed by atoms with van der Waals surface area (Å²) >= 11 is 0. The van der Waals surface area contributed by atoms with E-state index in [4.69, 9.17) is 5.26 Å². The van der Waals surface area contributed by atoms with Crippen LogP contribution < -0.4 is 5.32 Å². The Morgan fingerprint density at radius 2 is 1.61 bits per heavy atom. The summed E-state index contributed by atoms with van der Waals surface area (Å²) in [6.45, 7) is 0. The number of rotatable bonds is 7. The van der Waals surface area contributed by atoms with Crippen LogP contribution in [-0.2, 0) is 9.59 Å². The number of nitro benzene ring substituents is 2. The van der Waals surface area contributed by atoms with Gasteiger partial charge >= 0.3 is 6.04 Å². The van der Waals surface area contributed by atoms with Gasteiger partial charge in [0.25, 0.3) is 23.1 Å². The van der Waals surface area contributed by atoms with Crippen molar-refractivity contribution in [3.05, 3.63) is 84.2 Å². The van der Waals surface area contributed by atoms with Gasteiger partial charge < -0.3 is 5.32 Å². The van der Waals surface area contributed by atoms with Crippen LogP contribution in [0.25, 0.3) is 11.0 Å². The molecule has 1 atom stereocenters. The van der Waals surface area contributed by atoms with E-state index >= 15 is 0 Å². The highest BCUT2D eigenvalue weighted by Gasteiger charge is 2.39. The Hall–Kier alpha value is -5.39. The van der Waals surface area contributed by atoms with Gasteiger partial charge in [0.05, 0.1) is 38.3 Å². The fourth-order valence-corrected chi connectivity index (χ4v) is 2.75. The number of Topliss-reactive ketones (excluding diaryl/α,β-unsaturated/α-hetero) is 1. The van der Waals surface area contributed by atoms with Crippen molar-refractivity contribution in [3.8, 4) is 6.07 Å². The van der Waals surface area contributed by atoms with Crippen molar-refractivity contribution in [2.24, 2.45) is 0 Å². The lowest BCUT2D eigenvalue weighted by molar-refractivity contribution is -0.513. The molecule has 15 heteroatoms. The molecule has 1 heterocycles. The van der Waals surface area contributed by atoms with Crippen LogP contribution >= 0.6 is 0 Å². The first-order chi connectivity index (χ1) is 15.6. The lowest BCUT2D eigenvalue weighted by Crippen LogP contribution is -2.33. The summed E-state index contributed by atoms with van der Waals surface area (Å²) in [6, 6.07) is 5.55. The Labute approximate surface area is 181 Å². The van der Waals surface area contributed by atoms with E-state index in [1.807, 2.05) is 5.32 Å². The van der Waals surface area contributed by atoms with Crippen LogP contribution in [0.1, 0.15) is 17.3 Å². The van der Waals surface area contributed by atoms with E-state index in [1.54, 1.807) is 6.07 Å². The standard InChI is InChI=1S/C18H9N7O8/c19-7-9-5-10(23(28)29)1-3-12(9)22-18(27)17(26)16(25(32)33)15-8-20-14-6-11(24(30)31)2-4-13(14)21-15/h1-6,8,16H,(H,22,27)/t16-/m0/s1. The number of nitriles is 1. The minimum absolute atomic E-state index is 0.0142. The van der Waals surface area contributed by atoms with Crippen molar-refractivity contribution in [1.82, 2.24) is 9.97 Å². The molecule has 0 aliphatic carbocycles. The van der Waals surface area contributed by atoms with Gasteiger partial charge in [-0.05, 0) is 12.1 Å². The monoisotopic (exact) mass is 451 g/mol. The molecule has 33 heavy (non-hydrogen) atoms. The highest BCUT2D eigenvalue weighted by atomic mass is 16.6. The SMILES string of the molecule is N#Cc1cc([N+](=O)[O-])ccc1NC(=O)C(=O)[C@H](c1cnc2cc([N+](=O)[O-])ccc2n1)[N+](=O)[O-]. The largest absolute Gasteiger partial charge is 0.322 e. The average Bonchev–Trinajstić information content (AvgIpc) is 2.78. The number of nitrogens with one attached hydrogen (secondary N) is 1. The Kier molecular flexibility index (Phi) is 5.93. The van der Waals surface area contributed by atoms with Crippen LogP contribution in [0.4, 0.5) is 17.1 Å². The van der Waals surface area contributed by atoms with E-state index in [-0.39, 0.29) is 28.0 Å². The van der Waals surface area contributed by atoms with Crippen molar-refractivity contribution in [1.29, 1.82) is 5.26 Å². The average molecular weight is 451 g/mol. The fourth-order valence-electron chi connectivity index (χ4n) is 2.75. The second-order valence-electron chi connectivity index (χ2n) is 6.33. The Bertz CT molecular complexity index is 1400. The number of hydrogen-bond donors (Lipinski definition) is 1. The Morgan fingerprint density at radius 3 is 2.21 bits per heavy atom. The normalized spacial score (nSPS) is 11.2. The minimum atomic E-state index is -2.26. The van der Waals surface area contributed by atoms with Crippen LogP contribution in [0.2, 0.25) is 0 Å². The smallest absolute Gasteiger partial charge is 0.318 e. The van der Waals surface area contributed by atoms with Gasteiger partial charge in [-0.15, -0.1) is 0 Å². The van der Waals surface area contributed by atoms with Gasteiger partial charge in [0.2, 0.25) is 0 Å². The number of benzene rings is 2. The Balaban J connectivity index is 1.92. The summed E-state index contributed by atoms with van der Waals surface area (Å²) in [5.74, 6) is -3.01. The van der Waals surface area contributed by atoms with Crippen LogP contribution in [0.3, 0.4) is 0 Å². The number of non-ortho nitro benzene ring substituents is 2. The molecule has 0 radical (unpaired) electrons. The zero-order valence-corrected chi connectivity index (χ0v) is 16.1. The van der Waals surface area contributed by atoms with E-state index in [1.165, 1.54) is 6.07 Å². The number of amides is 1. The third-order valence-electron chi connectivity index (χ3n) is 4.30. The number of carbonyl (C=O) groups excluding carboxylic acids is 2. The third-order valence-corrected chi connectivity index (χ3v) is 4.30. The predicted molar refractivity (Wildman–Crippen MR) is 107 cm³/mol. The number of aromatic nitrogens is 2. The minimum Gasteiger partial charge on any atom is -0.318 e. The summed E-state index contributed by atoms with van der Waals surface area (Å²) in [6.07, 6.45) is 0.845. The van der Waals surface area contributed by atoms with Crippen LogP contribution in [0.15, 0.2) is 42.6 Å². The van der Waals surface area contributed by atoms with E-state index < -0.39 is 43.9 Å². The maximum absolute atomic E-state index is 12.5. The van der Waals surface area contributed by atoms with E-state index in [2.05, 4.69) is 9.97 Å². The van der Waals surface area contributed by atoms with Crippen molar-refractivity contribution in [2.45, 2.75) is 6.04 Å². The number of nitro groups is 3.